The van der Waals surface area contributed by atoms with Gasteiger partial charge in [-0.3, -0.25) is 14.6 Å². The van der Waals surface area contributed by atoms with Crippen LogP contribution < -0.4 is 31.5 Å². The minimum Gasteiger partial charge on any atom is -0.493 e. The number of amides is 1. The van der Waals surface area contributed by atoms with Gasteiger partial charge in [0.15, 0.2) is 11.5 Å². The van der Waals surface area contributed by atoms with Crippen molar-refractivity contribution in [3.05, 3.63) is 43.6 Å². The second-order valence-corrected chi connectivity index (χ2v) is 5.41. The summed E-state index contributed by atoms with van der Waals surface area (Å²) in [7, 11) is 2.95. The van der Waals surface area contributed by atoms with Crippen LogP contribution in [-0.2, 0) is 4.79 Å². The van der Waals surface area contributed by atoms with Crippen molar-refractivity contribution in [1.29, 1.82) is 0 Å². The summed E-state index contributed by atoms with van der Waals surface area (Å²) in [6, 6.07) is 3.32. The summed E-state index contributed by atoms with van der Waals surface area (Å²) in [6.45, 7) is 0.112. The summed E-state index contributed by atoms with van der Waals surface area (Å²) in [5, 5.41) is 12.3. The maximum absolute atomic E-state index is 11.8. The number of nitrogens with zero attached hydrogens (tertiary/aromatic N) is 2. The summed E-state index contributed by atoms with van der Waals surface area (Å²) in [5.74, 6) is 0.331. The third-order valence-electron chi connectivity index (χ3n) is 3.26. The van der Waals surface area contributed by atoms with E-state index in [0.29, 0.717) is 22.1 Å². The number of benzene rings is 1. The van der Waals surface area contributed by atoms with E-state index >= 15 is 0 Å². The SMILES string of the molecule is COc1ccc(/C=N/NC(=O)CCNc2n[nH]c(=O)[nH]c2=O)c(Cl)c1OC. The van der Waals surface area contributed by atoms with Gasteiger partial charge in [0.1, 0.15) is 0 Å². The highest BCUT2D eigenvalue weighted by Crippen LogP contribution is 2.36. The Labute approximate surface area is 157 Å². The molecule has 0 atom stereocenters. The number of aromatic amines is 2. The van der Waals surface area contributed by atoms with E-state index in [0.717, 1.165) is 0 Å². The fourth-order valence-corrected chi connectivity index (χ4v) is 2.28. The quantitative estimate of drug-likeness (QED) is 0.364. The second-order valence-electron chi connectivity index (χ2n) is 5.03. The van der Waals surface area contributed by atoms with Crippen LogP contribution in [0, 0.1) is 0 Å². The number of nitrogens with one attached hydrogen (secondary N) is 4. The standard InChI is InChI=1S/C15H17ClN6O5/c1-26-9-4-3-8(11(16)12(9)27-2)7-18-20-10(23)5-6-17-13-14(24)19-15(25)22-21-13/h3-4,7H,5-6H2,1-2H3,(H,17,21)(H,20,23)(H2,19,22,24,25)/b18-7+. The zero-order valence-electron chi connectivity index (χ0n) is 14.5. The molecule has 2 rings (SSSR count). The third-order valence-corrected chi connectivity index (χ3v) is 3.65. The number of H-pyrrole nitrogens is 2. The molecular formula is C15H17ClN6O5. The fraction of sp³-hybridized carbons (Fsp3) is 0.267. The van der Waals surface area contributed by atoms with E-state index in [2.05, 4.69) is 26.0 Å². The minimum absolute atomic E-state index is 0.0112. The van der Waals surface area contributed by atoms with E-state index < -0.39 is 17.2 Å². The zero-order valence-corrected chi connectivity index (χ0v) is 15.2. The van der Waals surface area contributed by atoms with Gasteiger partial charge in [-0.1, -0.05) is 11.6 Å². The summed E-state index contributed by atoms with van der Waals surface area (Å²) in [6.07, 6.45) is 1.38. The number of hydrogen-bond acceptors (Lipinski definition) is 8. The Bertz CT molecular complexity index is 954. The van der Waals surface area contributed by atoms with Gasteiger partial charge in [0.05, 0.1) is 25.5 Å². The average molecular weight is 397 g/mol. The van der Waals surface area contributed by atoms with Gasteiger partial charge in [-0.15, -0.1) is 5.10 Å². The molecule has 12 heteroatoms. The van der Waals surface area contributed by atoms with Crippen LogP contribution in [0.15, 0.2) is 26.8 Å². The second kappa shape index (κ2) is 9.38. The first-order valence-electron chi connectivity index (χ1n) is 7.61. The Morgan fingerprint density at radius 3 is 2.78 bits per heavy atom. The fourth-order valence-electron chi connectivity index (χ4n) is 2.00. The highest BCUT2D eigenvalue weighted by atomic mass is 35.5. The molecule has 144 valence electrons. The van der Waals surface area contributed by atoms with Gasteiger partial charge in [-0.2, -0.15) is 5.10 Å². The van der Waals surface area contributed by atoms with Crippen molar-refractivity contribution in [2.45, 2.75) is 6.42 Å². The summed E-state index contributed by atoms with van der Waals surface area (Å²) in [4.78, 5) is 36.0. The molecule has 0 aliphatic heterocycles. The maximum atomic E-state index is 11.8. The zero-order chi connectivity index (χ0) is 19.8. The van der Waals surface area contributed by atoms with Gasteiger partial charge in [0.2, 0.25) is 11.7 Å². The minimum atomic E-state index is -0.716. The predicted octanol–water partition coefficient (Wildman–Crippen LogP) is 0.0811. The molecule has 0 saturated heterocycles. The first-order valence-corrected chi connectivity index (χ1v) is 7.99. The number of hydrazone groups is 1. The Balaban J connectivity index is 1.88. The molecule has 0 aliphatic rings. The van der Waals surface area contributed by atoms with Gasteiger partial charge in [0.25, 0.3) is 5.56 Å². The first kappa shape index (κ1) is 20.0. The molecule has 1 aromatic carbocycles. The van der Waals surface area contributed by atoms with E-state index in [1.807, 2.05) is 4.98 Å². The van der Waals surface area contributed by atoms with Crippen molar-refractivity contribution in [1.82, 2.24) is 20.6 Å². The van der Waals surface area contributed by atoms with Gasteiger partial charge >= 0.3 is 5.69 Å². The molecule has 0 saturated carbocycles. The van der Waals surface area contributed by atoms with Crippen LogP contribution in [0.1, 0.15) is 12.0 Å². The van der Waals surface area contributed by atoms with Gasteiger partial charge in [-0.25, -0.2) is 15.3 Å². The smallest absolute Gasteiger partial charge is 0.342 e. The molecule has 0 aliphatic carbocycles. The van der Waals surface area contributed by atoms with E-state index in [-0.39, 0.29) is 18.8 Å². The molecule has 2 aromatic rings. The summed E-state index contributed by atoms with van der Waals surface area (Å²) < 4.78 is 10.3. The molecule has 1 amide bonds. The van der Waals surface area contributed by atoms with E-state index in [4.69, 9.17) is 21.1 Å². The molecule has 1 aromatic heterocycles. The molecule has 0 radical (unpaired) electrons. The molecule has 0 bridgehead atoms. The maximum Gasteiger partial charge on any atom is 0.342 e. The van der Waals surface area contributed by atoms with Crippen molar-refractivity contribution in [2.75, 3.05) is 26.1 Å². The predicted molar refractivity (Wildman–Crippen MR) is 98.9 cm³/mol. The number of rotatable bonds is 8. The lowest BCUT2D eigenvalue weighted by atomic mass is 10.2. The normalized spacial score (nSPS) is 10.6. The molecule has 1 heterocycles. The number of ether oxygens (including phenoxy) is 2. The van der Waals surface area contributed by atoms with Crippen LogP contribution in [0.5, 0.6) is 11.5 Å². The molecule has 0 unspecified atom stereocenters. The Hall–Kier alpha value is -3.34. The van der Waals surface area contributed by atoms with Crippen LogP contribution in [0.25, 0.3) is 0 Å². The Morgan fingerprint density at radius 2 is 2.11 bits per heavy atom. The molecular weight excluding hydrogens is 380 g/mol. The molecule has 4 N–H and O–H groups in total. The van der Waals surface area contributed by atoms with E-state index in [1.54, 1.807) is 12.1 Å². The monoisotopic (exact) mass is 396 g/mol. The van der Waals surface area contributed by atoms with Crippen molar-refractivity contribution in [3.8, 4) is 11.5 Å². The molecule has 11 nitrogen and oxygen atoms in total. The highest BCUT2D eigenvalue weighted by molar-refractivity contribution is 6.34. The Kier molecular flexibility index (Phi) is 6.94. The number of methoxy groups -OCH3 is 2. The molecule has 0 spiro atoms. The topological polar surface area (TPSA) is 151 Å². The molecule has 0 fully saturated rings. The summed E-state index contributed by atoms with van der Waals surface area (Å²) >= 11 is 6.20. The van der Waals surface area contributed by atoms with Gasteiger partial charge < -0.3 is 14.8 Å². The van der Waals surface area contributed by atoms with Gasteiger partial charge in [-0.05, 0) is 12.1 Å². The lowest BCUT2D eigenvalue weighted by Crippen LogP contribution is -2.28. The number of hydrogen-bond donors (Lipinski definition) is 4. The number of aromatic nitrogens is 3. The van der Waals surface area contributed by atoms with Crippen LogP contribution in [-0.4, -0.2) is 48.1 Å². The largest absolute Gasteiger partial charge is 0.493 e. The van der Waals surface area contributed by atoms with Crippen LogP contribution in [0.2, 0.25) is 5.02 Å². The van der Waals surface area contributed by atoms with Crippen molar-refractivity contribution < 1.29 is 14.3 Å². The number of carbonyl (C=O) groups excluding carboxylic acids is 1. The van der Waals surface area contributed by atoms with Crippen molar-refractivity contribution in [2.24, 2.45) is 5.10 Å². The van der Waals surface area contributed by atoms with Crippen LogP contribution >= 0.6 is 11.6 Å². The van der Waals surface area contributed by atoms with Crippen LogP contribution in [0.4, 0.5) is 5.82 Å². The molecule has 27 heavy (non-hydrogen) atoms. The Morgan fingerprint density at radius 1 is 1.33 bits per heavy atom. The van der Waals surface area contributed by atoms with Crippen molar-refractivity contribution >= 4 is 29.5 Å². The average Bonchev–Trinajstić information content (AvgIpc) is 2.64. The number of halogens is 1. The van der Waals surface area contributed by atoms with E-state index in [9.17, 15) is 14.4 Å². The number of anilines is 1. The highest BCUT2D eigenvalue weighted by Gasteiger charge is 2.12. The van der Waals surface area contributed by atoms with E-state index in [1.165, 1.54) is 20.4 Å². The van der Waals surface area contributed by atoms with Gasteiger partial charge in [0, 0.05) is 18.5 Å². The summed E-state index contributed by atoms with van der Waals surface area (Å²) in [5.41, 5.74) is 1.46. The van der Waals surface area contributed by atoms with Crippen molar-refractivity contribution in [3.63, 3.8) is 0 Å². The third kappa shape index (κ3) is 5.31. The first-order chi connectivity index (χ1) is 13.0. The van der Waals surface area contributed by atoms with Crippen LogP contribution in [0.3, 0.4) is 0 Å². The number of carbonyl (C=O) groups is 1. The lowest BCUT2D eigenvalue weighted by Gasteiger charge is -2.10. The lowest BCUT2D eigenvalue weighted by molar-refractivity contribution is -0.120.